The molecule has 1 aliphatic heterocycles. The van der Waals surface area contributed by atoms with Crippen LogP contribution >= 0.6 is 11.6 Å². The zero-order chi connectivity index (χ0) is 23.1. The molecule has 1 fully saturated rings. The zero-order valence-electron chi connectivity index (χ0n) is 17.5. The molecule has 0 amide bonds. The smallest absolute Gasteiger partial charge is 0.339 e. The van der Waals surface area contributed by atoms with E-state index in [1.165, 1.54) is 23.5 Å². The minimum absolute atomic E-state index is 0.0185. The maximum atomic E-state index is 13.1. The second kappa shape index (κ2) is 10.8. The summed E-state index contributed by atoms with van der Waals surface area (Å²) in [5.74, 6) is -1.00. The number of hydrogen-bond donors (Lipinski definition) is 0. The van der Waals surface area contributed by atoms with Crippen molar-refractivity contribution in [3.8, 4) is 5.75 Å². The van der Waals surface area contributed by atoms with Crippen LogP contribution in [-0.4, -0.2) is 58.1 Å². The highest BCUT2D eigenvalue weighted by molar-refractivity contribution is 7.89. The van der Waals surface area contributed by atoms with Gasteiger partial charge in [0.25, 0.3) is 0 Å². The van der Waals surface area contributed by atoms with Gasteiger partial charge in [-0.3, -0.25) is 4.79 Å². The predicted octanol–water partition coefficient (Wildman–Crippen LogP) is 3.15. The summed E-state index contributed by atoms with van der Waals surface area (Å²) in [5, 5.41) is 0.473. The van der Waals surface area contributed by atoms with Crippen LogP contribution in [0.1, 0.15) is 23.2 Å². The third-order valence-electron chi connectivity index (χ3n) is 5.12. The van der Waals surface area contributed by atoms with Crippen molar-refractivity contribution in [3.63, 3.8) is 0 Å². The van der Waals surface area contributed by atoms with Gasteiger partial charge in [0.1, 0.15) is 19.0 Å². The normalized spacial score (nSPS) is 15.2. The number of carbonyl (C=O) groups excluding carboxylic acids is 2. The Morgan fingerprint density at radius 1 is 1.03 bits per heavy atom. The Kier molecular flexibility index (Phi) is 8.11. The van der Waals surface area contributed by atoms with Gasteiger partial charge >= 0.3 is 11.9 Å². The van der Waals surface area contributed by atoms with Gasteiger partial charge in [0.15, 0.2) is 0 Å². The van der Waals surface area contributed by atoms with Crippen LogP contribution in [0.3, 0.4) is 0 Å². The first-order valence-electron chi connectivity index (χ1n) is 10.1. The minimum atomic E-state index is -3.90. The van der Waals surface area contributed by atoms with Gasteiger partial charge in [-0.1, -0.05) is 35.9 Å². The second-order valence-electron chi connectivity index (χ2n) is 7.11. The van der Waals surface area contributed by atoms with Crippen molar-refractivity contribution in [2.24, 2.45) is 5.92 Å². The first-order valence-corrected chi connectivity index (χ1v) is 11.9. The van der Waals surface area contributed by atoms with Crippen LogP contribution in [0.15, 0.2) is 53.4 Å². The van der Waals surface area contributed by atoms with E-state index in [2.05, 4.69) is 4.74 Å². The Bertz CT molecular complexity index is 1070. The van der Waals surface area contributed by atoms with E-state index in [0.29, 0.717) is 23.6 Å². The molecule has 2 aromatic rings. The molecule has 1 saturated heterocycles. The number of ether oxygens (including phenoxy) is 3. The fourth-order valence-electron chi connectivity index (χ4n) is 3.41. The molecule has 172 valence electrons. The number of sulfonamides is 1. The van der Waals surface area contributed by atoms with Gasteiger partial charge in [-0.2, -0.15) is 4.31 Å². The van der Waals surface area contributed by atoms with Gasteiger partial charge in [0.2, 0.25) is 10.0 Å². The third-order valence-corrected chi connectivity index (χ3v) is 7.39. The number of benzene rings is 2. The van der Waals surface area contributed by atoms with E-state index in [-0.39, 0.29) is 42.7 Å². The molecular formula is C22H24ClNO7S. The fourth-order valence-corrected chi connectivity index (χ4v) is 5.25. The number of methoxy groups -OCH3 is 1. The van der Waals surface area contributed by atoms with Crippen LogP contribution in [0, 0.1) is 5.92 Å². The van der Waals surface area contributed by atoms with Crippen molar-refractivity contribution in [3.05, 3.63) is 59.1 Å². The van der Waals surface area contributed by atoms with Gasteiger partial charge in [-0.05, 0) is 37.1 Å². The maximum absolute atomic E-state index is 13.1. The number of carbonyl (C=O) groups is 2. The number of nitrogens with zero attached hydrogens (tertiary/aromatic N) is 1. The monoisotopic (exact) mass is 481 g/mol. The molecule has 10 heteroatoms. The van der Waals surface area contributed by atoms with E-state index in [1.807, 2.05) is 0 Å². The summed E-state index contributed by atoms with van der Waals surface area (Å²) < 4.78 is 42.8. The van der Waals surface area contributed by atoms with Gasteiger partial charge in [-0.25, -0.2) is 13.2 Å². The number of hydrogen-bond acceptors (Lipinski definition) is 7. The van der Waals surface area contributed by atoms with E-state index in [0.717, 1.165) is 0 Å². The highest BCUT2D eigenvalue weighted by Gasteiger charge is 2.34. The molecule has 1 heterocycles. The van der Waals surface area contributed by atoms with Crippen molar-refractivity contribution in [1.82, 2.24) is 4.31 Å². The van der Waals surface area contributed by atoms with Gasteiger partial charge in [0, 0.05) is 13.1 Å². The number of para-hydroxylation sites is 1. The fraction of sp³-hybridized carbons (Fsp3) is 0.364. The molecule has 0 N–H and O–H groups in total. The van der Waals surface area contributed by atoms with Crippen molar-refractivity contribution < 1.29 is 32.2 Å². The zero-order valence-corrected chi connectivity index (χ0v) is 19.1. The number of esters is 2. The predicted molar refractivity (Wildman–Crippen MR) is 117 cm³/mol. The third kappa shape index (κ3) is 5.59. The quantitative estimate of drug-likeness (QED) is 0.421. The molecule has 0 saturated carbocycles. The summed E-state index contributed by atoms with van der Waals surface area (Å²) >= 11 is 6.01. The van der Waals surface area contributed by atoms with Gasteiger partial charge in [-0.15, -0.1) is 0 Å². The van der Waals surface area contributed by atoms with Crippen LogP contribution in [0.5, 0.6) is 5.75 Å². The molecule has 0 radical (unpaired) electrons. The molecule has 0 aliphatic carbocycles. The topological polar surface area (TPSA) is 99.2 Å². The van der Waals surface area contributed by atoms with Gasteiger partial charge in [0.05, 0.1) is 28.5 Å². The van der Waals surface area contributed by atoms with Crippen LogP contribution in [0.25, 0.3) is 0 Å². The van der Waals surface area contributed by atoms with E-state index in [9.17, 15) is 18.0 Å². The van der Waals surface area contributed by atoms with E-state index in [4.69, 9.17) is 21.1 Å². The average molecular weight is 482 g/mol. The lowest BCUT2D eigenvalue weighted by atomic mass is 9.98. The molecule has 0 unspecified atom stereocenters. The summed E-state index contributed by atoms with van der Waals surface area (Å²) in [4.78, 5) is 24.2. The summed E-state index contributed by atoms with van der Waals surface area (Å²) in [5.41, 5.74) is -0.0185. The second-order valence-corrected chi connectivity index (χ2v) is 9.43. The standard InChI is InChI=1S/C22H24ClNO7S/c1-29-22(26)17-6-2-5-9-20(17)32(27,28)24-12-10-16(11-13-24)21(25)31-15-14-30-19-8-4-3-7-18(19)23/h2-9,16H,10-15H2,1H3. The Labute approximate surface area is 192 Å². The Morgan fingerprint density at radius 2 is 1.69 bits per heavy atom. The van der Waals surface area contributed by atoms with Crippen molar-refractivity contribution in [2.75, 3.05) is 33.4 Å². The molecule has 0 atom stereocenters. The lowest BCUT2D eigenvalue weighted by Gasteiger charge is -2.30. The highest BCUT2D eigenvalue weighted by atomic mass is 35.5. The van der Waals surface area contributed by atoms with E-state index >= 15 is 0 Å². The Morgan fingerprint density at radius 3 is 2.38 bits per heavy atom. The van der Waals surface area contributed by atoms with Crippen LogP contribution < -0.4 is 4.74 Å². The van der Waals surface area contributed by atoms with Crippen molar-refractivity contribution >= 4 is 33.6 Å². The molecule has 3 rings (SSSR count). The summed E-state index contributed by atoms with van der Waals surface area (Å²) in [7, 11) is -2.71. The number of rotatable bonds is 8. The van der Waals surface area contributed by atoms with E-state index < -0.39 is 21.9 Å². The molecule has 32 heavy (non-hydrogen) atoms. The first kappa shape index (κ1) is 24.0. The first-order chi connectivity index (χ1) is 15.3. The highest BCUT2D eigenvalue weighted by Crippen LogP contribution is 2.27. The average Bonchev–Trinajstić information content (AvgIpc) is 2.82. The molecule has 2 aromatic carbocycles. The largest absolute Gasteiger partial charge is 0.488 e. The Balaban J connectivity index is 1.52. The van der Waals surface area contributed by atoms with Crippen LogP contribution in [0.4, 0.5) is 0 Å². The molecule has 0 bridgehead atoms. The van der Waals surface area contributed by atoms with Gasteiger partial charge < -0.3 is 14.2 Å². The molecular weight excluding hydrogens is 458 g/mol. The van der Waals surface area contributed by atoms with Crippen LogP contribution in [-0.2, 0) is 24.3 Å². The SMILES string of the molecule is COC(=O)c1ccccc1S(=O)(=O)N1CCC(C(=O)OCCOc2ccccc2Cl)CC1. The molecule has 8 nitrogen and oxygen atoms in total. The lowest BCUT2D eigenvalue weighted by molar-refractivity contribution is -0.150. The molecule has 1 aliphatic rings. The summed E-state index contributed by atoms with van der Waals surface area (Å²) in [6.07, 6.45) is 0.646. The van der Waals surface area contributed by atoms with Crippen molar-refractivity contribution in [2.45, 2.75) is 17.7 Å². The summed E-state index contributed by atoms with van der Waals surface area (Å²) in [6, 6.07) is 12.9. The van der Waals surface area contributed by atoms with Crippen molar-refractivity contribution in [1.29, 1.82) is 0 Å². The minimum Gasteiger partial charge on any atom is -0.488 e. The molecule has 0 spiro atoms. The number of halogens is 1. The maximum Gasteiger partial charge on any atom is 0.339 e. The summed E-state index contributed by atoms with van der Waals surface area (Å²) in [6.45, 7) is 0.517. The molecule has 0 aromatic heterocycles. The lowest BCUT2D eigenvalue weighted by Crippen LogP contribution is -2.41. The number of piperidine rings is 1. The van der Waals surface area contributed by atoms with Crippen LogP contribution in [0.2, 0.25) is 5.02 Å². The van der Waals surface area contributed by atoms with E-state index in [1.54, 1.807) is 36.4 Å². The Hall–Kier alpha value is -2.62.